The number of nitrogens with one attached hydrogen (secondary N) is 1. The molecule has 26 heavy (non-hydrogen) atoms. The second kappa shape index (κ2) is 9.97. The predicted octanol–water partition coefficient (Wildman–Crippen LogP) is 2.34. The molecular weight excluding hydrogens is 473 g/mol. The molecule has 0 aliphatic carbocycles. The highest BCUT2D eigenvalue weighted by molar-refractivity contribution is 14.1. The molecule has 0 saturated heterocycles. The molecule has 0 aliphatic heterocycles. The van der Waals surface area contributed by atoms with E-state index in [0.29, 0.717) is 22.1 Å². The molecule has 3 N–H and O–H groups in total. The Morgan fingerprint density at radius 1 is 1.15 bits per heavy atom. The number of para-hydroxylation sites is 1. The van der Waals surface area contributed by atoms with Crippen LogP contribution in [0.2, 0.25) is 5.02 Å². The van der Waals surface area contributed by atoms with Gasteiger partial charge in [-0.3, -0.25) is 9.59 Å². The molecule has 136 valence electrons. The molecule has 0 saturated carbocycles. The Bertz CT molecular complexity index is 829. The largest absolute Gasteiger partial charge is 0.483 e. The summed E-state index contributed by atoms with van der Waals surface area (Å²) in [7, 11) is 0. The highest BCUT2D eigenvalue weighted by Gasteiger charge is 2.05. The second-order valence-electron chi connectivity index (χ2n) is 4.96. The second-order valence-corrected chi connectivity index (χ2v) is 6.53. The molecule has 2 aromatic carbocycles. The zero-order valence-corrected chi connectivity index (χ0v) is 16.4. The molecule has 0 radical (unpaired) electrons. The number of carbonyl (C=O) groups is 2. The van der Waals surface area contributed by atoms with Crippen LogP contribution in [0.1, 0.15) is 5.56 Å². The van der Waals surface area contributed by atoms with Crippen molar-refractivity contribution in [1.29, 1.82) is 0 Å². The molecule has 0 unspecified atom stereocenters. The zero-order chi connectivity index (χ0) is 18.9. The number of hydrazone groups is 1. The van der Waals surface area contributed by atoms with Crippen LogP contribution in [-0.2, 0) is 9.59 Å². The van der Waals surface area contributed by atoms with Gasteiger partial charge in [0.05, 0.1) is 14.8 Å². The molecule has 0 heterocycles. The van der Waals surface area contributed by atoms with Crippen LogP contribution in [0.25, 0.3) is 0 Å². The fourth-order valence-corrected chi connectivity index (χ4v) is 2.57. The minimum atomic E-state index is -0.596. The van der Waals surface area contributed by atoms with E-state index in [2.05, 4.69) is 33.1 Å². The number of hydrogen-bond donors (Lipinski definition) is 2. The highest BCUT2D eigenvalue weighted by Crippen LogP contribution is 2.24. The molecule has 0 aromatic heterocycles. The number of nitrogens with zero attached hydrogens (tertiary/aromatic N) is 1. The molecule has 0 fully saturated rings. The summed E-state index contributed by atoms with van der Waals surface area (Å²) in [5, 5.41) is 4.14. The van der Waals surface area contributed by atoms with E-state index in [-0.39, 0.29) is 13.2 Å². The van der Waals surface area contributed by atoms with Crippen molar-refractivity contribution in [3.05, 3.63) is 56.6 Å². The summed E-state index contributed by atoms with van der Waals surface area (Å²) in [5.74, 6) is -0.0293. The molecule has 0 atom stereocenters. The zero-order valence-electron chi connectivity index (χ0n) is 13.4. The standard InChI is InChI=1S/C17H15ClIN3O4/c18-12-7-11(5-6-14(12)25-9-16(20)23)8-21-22-17(24)10-26-15-4-2-1-3-13(15)19/h1-8H,9-10H2,(H2,20,23)(H,22,24). The number of carbonyl (C=O) groups excluding carboxylic acids is 2. The summed E-state index contributed by atoms with van der Waals surface area (Å²) in [5.41, 5.74) is 8.01. The fourth-order valence-electron chi connectivity index (χ4n) is 1.78. The van der Waals surface area contributed by atoms with Crippen LogP contribution in [0.5, 0.6) is 11.5 Å². The van der Waals surface area contributed by atoms with Crippen molar-refractivity contribution in [3.63, 3.8) is 0 Å². The summed E-state index contributed by atoms with van der Waals surface area (Å²) in [6.45, 7) is -0.415. The molecule has 9 heteroatoms. The smallest absolute Gasteiger partial charge is 0.277 e. The average molecular weight is 488 g/mol. The van der Waals surface area contributed by atoms with Crippen molar-refractivity contribution in [2.24, 2.45) is 10.8 Å². The summed E-state index contributed by atoms with van der Waals surface area (Å²) in [6, 6.07) is 12.2. The maximum Gasteiger partial charge on any atom is 0.277 e. The van der Waals surface area contributed by atoms with Crippen LogP contribution >= 0.6 is 34.2 Å². The topological polar surface area (TPSA) is 103 Å². The van der Waals surface area contributed by atoms with Gasteiger partial charge in [-0.25, -0.2) is 5.43 Å². The number of ether oxygens (including phenoxy) is 2. The molecule has 7 nitrogen and oxygen atoms in total. The number of rotatable bonds is 8. The van der Waals surface area contributed by atoms with Crippen molar-refractivity contribution in [3.8, 4) is 11.5 Å². The lowest BCUT2D eigenvalue weighted by molar-refractivity contribution is -0.123. The number of halogens is 2. The van der Waals surface area contributed by atoms with Crippen molar-refractivity contribution >= 4 is 52.2 Å². The van der Waals surface area contributed by atoms with E-state index in [1.54, 1.807) is 24.3 Å². The molecular formula is C17H15ClIN3O4. The first kappa shape index (κ1) is 20.0. The molecule has 2 amide bonds. The van der Waals surface area contributed by atoms with E-state index in [1.807, 2.05) is 18.2 Å². The normalized spacial score (nSPS) is 10.5. The third-order valence-corrected chi connectivity index (χ3v) is 4.11. The number of amides is 2. The van der Waals surface area contributed by atoms with Gasteiger partial charge in [-0.15, -0.1) is 0 Å². The van der Waals surface area contributed by atoms with Crippen LogP contribution in [0, 0.1) is 3.57 Å². The summed E-state index contributed by atoms with van der Waals surface area (Å²) in [4.78, 5) is 22.4. The Morgan fingerprint density at radius 3 is 2.58 bits per heavy atom. The van der Waals surface area contributed by atoms with Gasteiger partial charge in [-0.05, 0) is 58.5 Å². The average Bonchev–Trinajstić information content (AvgIpc) is 2.60. The Kier molecular flexibility index (Phi) is 7.67. The van der Waals surface area contributed by atoms with Gasteiger partial charge in [0.15, 0.2) is 13.2 Å². The van der Waals surface area contributed by atoms with E-state index in [1.165, 1.54) is 6.21 Å². The number of hydrogen-bond acceptors (Lipinski definition) is 5. The van der Waals surface area contributed by atoms with E-state index in [0.717, 1.165) is 3.57 Å². The van der Waals surface area contributed by atoms with Gasteiger partial charge in [0, 0.05) is 0 Å². The third kappa shape index (κ3) is 6.52. The molecule has 0 spiro atoms. The van der Waals surface area contributed by atoms with Crippen molar-refractivity contribution in [1.82, 2.24) is 5.43 Å². The van der Waals surface area contributed by atoms with Gasteiger partial charge >= 0.3 is 0 Å². The highest BCUT2D eigenvalue weighted by atomic mass is 127. The Morgan fingerprint density at radius 2 is 1.88 bits per heavy atom. The maximum absolute atomic E-state index is 11.7. The van der Waals surface area contributed by atoms with E-state index in [9.17, 15) is 9.59 Å². The van der Waals surface area contributed by atoms with Gasteiger partial charge < -0.3 is 15.2 Å². The number of primary amides is 1. The van der Waals surface area contributed by atoms with Crippen molar-refractivity contribution in [2.45, 2.75) is 0 Å². The van der Waals surface area contributed by atoms with E-state index in [4.69, 9.17) is 26.8 Å². The van der Waals surface area contributed by atoms with Crippen molar-refractivity contribution in [2.75, 3.05) is 13.2 Å². The monoisotopic (exact) mass is 487 g/mol. The third-order valence-electron chi connectivity index (χ3n) is 2.92. The summed E-state index contributed by atoms with van der Waals surface area (Å²) >= 11 is 8.16. The van der Waals surface area contributed by atoms with Crippen LogP contribution in [0.15, 0.2) is 47.6 Å². The van der Waals surface area contributed by atoms with E-state index >= 15 is 0 Å². The van der Waals surface area contributed by atoms with Crippen molar-refractivity contribution < 1.29 is 19.1 Å². The Balaban J connectivity index is 1.83. The van der Waals surface area contributed by atoms with Gasteiger partial charge in [-0.2, -0.15) is 5.10 Å². The first-order valence-electron chi connectivity index (χ1n) is 7.35. The molecule has 0 bridgehead atoms. The summed E-state index contributed by atoms with van der Waals surface area (Å²) < 4.78 is 11.5. The molecule has 0 aliphatic rings. The maximum atomic E-state index is 11.7. The number of benzene rings is 2. The van der Waals surface area contributed by atoms with Crippen LogP contribution < -0.4 is 20.6 Å². The first-order valence-corrected chi connectivity index (χ1v) is 8.81. The van der Waals surface area contributed by atoms with Gasteiger partial charge in [0.25, 0.3) is 11.8 Å². The predicted molar refractivity (Wildman–Crippen MR) is 107 cm³/mol. The lowest BCUT2D eigenvalue weighted by Crippen LogP contribution is -2.24. The minimum absolute atomic E-state index is 0.155. The van der Waals surface area contributed by atoms with Crippen LogP contribution in [-0.4, -0.2) is 31.2 Å². The number of nitrogens with two attached hydrogens (primary N) is 1. The Hall–Kier alpha value is -2.33. The SMILES string of the molecule is NC(=O)COc1ccc(C=NNC(=O)COc2ccccc2I)cc1Cl. The van der Waals surface area contributed by atoms with E-state index < -0.39 is 11.8 Å². The first-order chi connectivity index (χ1) is 12.5. The van der Waals surface area contributed by atoms with Crippen LogP contribution in [0.4, 0.5) is 0 Å². The van der Waals surface area contributed by atoms with Gasteiger partial charge in [0.1, 0.15) is 11.5 Å². The van der Waals surface area contributed by atoms with Gasteiger partial charge in [-0.1, -0.05) is 23.7 Å². The van der Waals surface area contributed by atoms with Crippen LogP contribution in [0.3, 0.4) is 0 Å². The Labute approximate surface area is 168 Å². The molecule has 2 rings (SSSR count). The summed E-state index contributed by atoms with van der Waals surface area (Å²) in [6.07, 6.45) is 1.42. The minimum Gasteiger partial charge on any atom is -0.483 e. The fraction of sp³-hybridized carbons (Fsp3) is 0.118. The molecule has 2 aromatic rings. The quantitative estimate of drug-likeness (QED) is 0.339. The lowest BCUT2D eigenvalue weighted by Gasteiger charge is -2.07. The van der Waals surface area contributed by atoms with Gasteiger partial charge in [0.2, 0.25) is 0 Å². The lowest BCUT2D eigenvalue weighted by atomic mass is 10.2.